The predicted octanol–water partition coefficient (Wildman–Crippen LogP) is 4.60. The minimum Gasteiger partial charge on any atom is -0.255 e. The van der Waals surface area contributed by atoms with E-state index in [0.717, 1.165) is 16.1 Å². The number of hydrogen-bond donors (Lipinski definition) is 1. The Morgan fingerprint density at radius 1 is 1.08 bits per heavy atom. The number of hydrogen-bond acceptors (Lipinski definition) is 4. The number of aromatic nitrogens is 1. The van der Waals surface area contributed by atoms with Crippen LogP contribution in [0.15, 0.2) is 58.9 Å². The van der Waals surface area contributed by atoms with Crippen LogP contribution < -0.4 is 4.72 Å². The molecule has 0 fully saturated rings. The van der Waals surface area contributed by atoms with E-state index >= 15 is 0 Å². The molecular formula is C16H12Cl2N2O2S2. The lowest BCUT2D eigenvalue weighted by Gasteiger charge is -2.10. The molecule has 0 spiro atoms. The van der Waals surface area contributed by atoms with Crippen LogP contribution in [-0.4, -0.2) is 13.4 Å². The Morgan fingerprint density at radius 3 is 2.50 bits per heavy atom. The first-order chi connectivity index (χ1) is 11.5. The van der Waals surface area contributed by atoms with Gasteiger partial charge in [-0.25, -0.2) is 13.1 Å². The summed E-state index contributed by atoms with van der Waals surface area (Å²) in [6.45, 7) is 0.116. The molecule has 0 radical (unpaired) electrons. The number of nitrogens with zero attached hydrogens (tertiary/aromatic N) is 1. The van der Waals surface area contributed by atoms with Gasteiger partial charge >= 0.3 is 0 Å². The third kappa shape index (κ3) is 3.79. The van der Waals surface area contributed by atoms with E-state index in [1.54, 1.807) is 29.7 Å². The molecule has 0 aliphatic heterocycles. The summed E-state index contributed by atoms with van der Waals surface area (Å²) in [6, 6.07) is 12.1. The van der Waals surface area contributed by atoms with E-state index in [0.29, 0.717) is 0 Å². The predicted molar refractivity (Wildman–Crippen MR) is 98.0 cm³/mol. The zero-order valence-electron chi connectivity index (χ0n) is 12.2. The second kappa shape index (κ2) is 7.21. The number of benzene rings is 1. The number of halogens is 2. The standard InChI is InChI=1S/C16H12Cl2N2O2S2/c17-12-3-1-4-13(18)16(12)24(21,22)20-10-11-6-7-19-14(9-11)15-5-2-8-23-15/h1-9,20H,10H2. The van der Waals surface area contributed by atoms with Gasteiger partial charge in [-0.3, -0.25) is 4.98 Å². The van der Waals surface area contributed by atoms with Crippen molar-refractivity contribution >= 4 is 44.6 Å². The molecule has 0 unspecified atom stereocenters. The van der Waals surface area contributed by atoms with Gasteiger partial charge in [0.2, 0.25) is 10.0 Å². The van der Waals surface area contributed by atoms with E-state index in [4.69, 9.17) is 23.2 Å². The van der Waals surface area contributed by atoms with E-state index < -0.39 is 10.0 Å². The average molecular weight is 399 g/mol. The summed E-state index contributed by atoms with van der Waals surface area (Å²) in [7, 11) is -3.82. The molecule has 1 aromatic carbocycles. The molecule has 2 heterocycles. The maximum atomic E-state index is 12.5. The summed E-state index contributed by atoms with van der Waals surface area (Å²) in [6.07, 6.45) is 1.65. The average Bonchev–Trinajstić information content (AvgIpc) is 3.07. The van der Waals surface area contributed by atoms with E-state index in [2.05, 4.69) is 9.71 Å². The maximum absolute atomic E-state index is 12.5. The SMILES string of the molecule is O=S(=O)(NCc1ccnc(-c2cccs2)c1)c1c(Cl)cccc1Cl. The van der Waals surface area contributed by atoms with Gasteiger partial charge < -0.3 is 0 Å². The van der Waals surface area contributed by atoms with Crippen molar-refractivity contribution in [2.75, 3.05) is 0 Å². The van der Waals surface area contributed by atoms with Crippen molar-refractivity contribution in [3.05, 3.63) is 69.7 Å². The second-order valence-electron chi connectivity index (χ2n) is 4.90. The van der Waals surface area contributed by atoms with E-state index in [-0.39, 0.29) is 21.5 Å². The zero-order chi connectivity index (χ0) is 17.2. The van der Waals surface area contributed by atoms with E-state index in [9.17, 15) is 8.42 Å². The fourth-order valence-electron chi connectivity index (χ4n) is 2.13. The molecule has 0 bridgehead atoms. The molecule has 0 amide bonds. The molecule has 0 saturated carbocycles. The quantitative estimate of drug-likeness (QED) is 0.683. The van der Waals surface area contributed by atoms with Crippen LogP contribution in [0.4, 0.5) is 0 Å². The Hall–Kier alpha value is -1.44. The third-order valence-electron chi connectivity index (χ3n) is 3.25. The first-order valence-corrected chi connectivity index (χ1v) is 10.0. The van der Waals surface area contributed by atoms with Gasteiger partial charge in [0.25, 0.3) is 0 Å². The molecule has 8 heteroatoms. The van der Waals surface area contributed by atoms with E-state index in [1.807, 2.05) is 23.6 Å². The van der Waals surface area contributed by atoms with Crippen molar-refractivity contribution in [1.82, 2.24) is 9.71 Å². The van der Waals surface area contributed by atoms with Gasteiger partial charge in [0.05, 0.1) is 20.6 Å². The lowest BCUT2D eigenvalue weighted by molar-refractivity contribution is 0.581. The minimum absolute atomic E-state index is 0.0870. The highest BCUT2D eigenvalue weighted by atomic mass is 35.5. The van der Waals surface area contributed by atoms with Crippen molar-refractivity contribution < 1.29 is 8.42 Å². The van der Waals surface area contributed by atoms with Crippen molar-refractivity contribution in [3.8, 4) is 10.6 Å². The highest BCUT2D eigenvalue weighted by Gasteiger charge is 2.21. The summed E-state index contributed by atoms with van der Waals surface area (Å²) in [5, 5.41) is 2.14. The monoisotopic (exact) mass is 398 g/mol. The van der Waals surface area contributed by atoms with Crippen LogP contribution in [0, 0.1) is 0 Å². The zero-order valence-corrected chi connectivity index (χ0v) is 15.4. The Bertz CT molecular complexity index is 938. The molecule has 124 valence electrons. The molecule has 2 aromatic heterocycles. The number of rotatable bonds is 5. The Morgan fingerprint density at radius 2 is 1.83 bits per heavy atom. The fourth-order valence-corrected chi connectivity index (χ4v) is 4.98. The Kier molecular flexibility index (Phi) is 5.22. The molecule has 3 aromatic rings. The van der Waals surface area contributed by atoms with Crippen molar-refractivity contribution in [2.24, 2.45) is 0 Å². The van der Waals surface area contributed by atoms with Gasteiger partial charge in [0.1, 0.15) is 4.90 Å². The topological polar surface area (TPSA) is 59.1 Å². The summed E-state index contributed by atoms with van der Waals surface area (Å²) in [5.41, 5.74) is 1.60. The third-order valence-corrected chi connectivity index (χ3v) is 6.50. The van der Waals surface area contributed by atoms with Gasteiger partial charge in [-0.2, -0.15) is 0 Å². The van der Waals surface area contributed by atoms with Crippen LogP contribution in [0.5, 0.6) is 0 Å². The fraction of sp³-hybridized carbons (Fsp3) is 0.0625. The molecule has 0 aliphatic carbocycles. The second-order valence-corrected chi connectivity index (χ2v) is 8.37. The van der Waals surface area contributed by atoms with Crippen LogP contribution in [0.2, 0.25) is 10.0 Å². The molecular weight excluding hydrogens is 387 g/mol. The Labute approximate surface area is 154 Å². The molecule has 3 rings (SSSR count). The lowest BCUT2D eigenvalue weighted by Crippen LogP contribution is -2.24. The van der Waals surface area contributed by atoms with Crippen molar-refractivity contribution in [3.63, 3.8) is 0 Å². The lowest BCUT2D eigenvalue weighted by atomic mass is 10.2. The van der Waals surface area contributed by atoms with Crippen LogP contribution in [-0.2, 0) is 16.6 Å². The first-order valence-electron chi connectivity index (χ1n) is 6.90. The first kappa shape index (κ1) is 17.4. The summed E-state index contributed by atoms with van der Waals surface area (Å²) < 4.78 is 27.5. The number of thiophene rings is 1. The van der Waals surface area contributed by atoms with Gasteiger partial charge in [-0.1, -0.05) is 35.3 Å². The van der Waals surface area contributed by atoms with E-state index in [1.165, 1.54) is 12.1 Å². The summed E-state index contributed by atoms with van der Waals surface area (Å²) >= 11 is 13.5. The van der Waals surface area contributed by atoms with Gasteiger partial charge in [-0.05, 0) is 41.3 Å². The number of nitrogens with one attached hydrogen (secondary N) is 1. The molecule has 0 saturated heterocycles. The highest BCUT2D eigenvalue weighted by Crippen LogP contribution is 2.29. The minimum atomic E-state index is -3.82. The molecule has 4 nitrogen and oxygen atoms in total. The van der Waals surface area contributed by atoms with Crippen LogP contribution >= 0.6 is 34.5 Å². The van der Waals surface area contributed by atoms with Gasteiger partial charge in [-0.15, -0.1) is 11.3 Å². The Balaban J connectivity index is 1.82. The highest BCUT2D eigenvalue weighted by molar-refractivity contribution is 7.89. The smallest absolute Gasteiger partial charge is 0.243 e. The molecule has 0 atom stereocenters. The van der Waals surface area contributed by atoms with Crippen LogP contribution in [0.3, 0.4) is 0 Å². The molecule has 24 heavy (non-hydrogen) atoms. The maximum Gasteiger partial charge on any atom is 0.243 e. The molecule has 0 aliphatic rings. The van der Waals surface area contributed by atoms with Crippen LogP contribution in [0.25, 0.3) is 10.6 Å². The number of pyridine rings is 1. The van der Waals surface area contributed by atoms with Crippen molar-refractivity contribution in [2.45, 2.75) is 11.4 Å². The summed E-state index contributed by atoms with van der Waals surface area (Å²) in [5.74, 6) is 0. The van der Waals surface area contributed by atoms with Crippen molar-refractivity contribution in [1.29, 1.82) is 0 Å². The number of sulfonamides is 1. The summed E-state index contributed by atoms with van der Waals surface area (Å²) in [4.78, 5) is 5.22. The van der Waals surface area contributed by atoms with Gasteiger partial charge in [0.15, 0.2) is 0 Å². The van der Waals surface area contributed by atoms with Crippen LogP contribution in [0.1, 0.15) is 5.56 Å². The normalized spacial score (nSPS) is 11.6. The molecule has 1 N–H and O–H groups in total. The largest absolute Gasteiger partial charge is 0.255 e. The van der Waals surface area contributed by atoms with Gasteiger partial charge in [0, 0.05) is 12.7 Å².